The van der Waals surface area contributed by atoms with Crippen molar-refractivity contribution < 1.29 is 9.47 Å². The quantitative estimate of drug-likeness (QED) is 0.552. The van der Waals surface area contributed by atoms with E-state index in [0.717, 1.165) is 0 Å². The zero-order valence-corrected chi connectivity index (χ0v) is 6.39. The highest BCUT2D eigenvalue weighted by Gasteiger charge is 2.21. The van der Waals surface area contributed by atoms with Crippen LogP contribution >= 0.6 is 0 Å². The van der Waals surface area contributed by atoms with Gasteiger partial charge in [0.15, 0.2) is 5.79 Å². The maximum atomic E-state index is 8.23. The van der Waals surface area contributed by atoms with Gasteiger partial charge in [-0.3, -0.25) is 0 Å². The number of methoxy groups -OCH3 is 2. The van der Waals surface area contributed by atoms with Gasteiger partial charge in [0.2, 0.25) is 0 Å². The first kappa shape index (κ1) is 9.41. The van der Waals surface area contributed by atoms with Crippen LogP contribution < -0.4 is 0 Å². The molecule has 0 aromatic carbocycles. The second-order valence-corrected chi connectivity index (χ2v) is 1.98. The molecule has 0 spiro atoms. The fraction of sp³-hybridized carbons (Fsp3) is 0.714. The number of rotatable bonds is 4. The Bertz CT molecular complexity index is 124. The molecule has 3 nitrogen and oxygen atoms in total. The molecule has 0 unspecified atom stereocenters. The second-order valence-electron chi connectivity index (χ2n) is 1.98. The van der Waals surface area contributed by atoms with E-state index < -0.39 is 5.79 Å². The predicted octanol–water partition coefficient (Wildman–Crippen LogP) is 1.11. The SMILES string of the molecule is [CH2]C(CCC#N)(OC)OC. The van der Waals surface area contributed by atoms with Gasteiger partial charge in [0.05, 0.1) is 6.07 Å². The summed E-state index contributed by atoms with van der Waals surface area (Å²) >= 11 is 0. The molecule has 0 amide bonds. The van der Waals surface area contributed by atoms with E-state index in [0.29, 0.717) is 12.8 Å². The van der Waals surface area contributed by atoms with Gasteiger partial charge in [0.25, 0.3) is 0 Å². The average molecular weight is 142 g/mol. The Morgan fingerprint density at radius 3 is 2.30 bits per heavy atom. The highest BCUT2D eigenvalue weighted by atomic mass is 16.7. The summed E-state index contributed by atoms with van der Waals surface area (Å²) in [6.45, 7) is 3.65. The van der Waals surface area contributed by atoms with Crippen molar-refractivity contribution in [1.29, 1.82) is 5.26 Å². The zero-order valence-electron chi connectivity index (χ0n) is 6.39. The summed E-state index contributed by atoms with van der Waals surface area (Å²) in [4.78, 5) is 0. The lowest BCUT2D eigenvalue weighted by atomic mass is 10.2. The second kappa shape index (κ2) is 4.26. The molecule has 0 aromatic rings. The van der Waals surface area contributed by atoms with Crippen LogP contribution in [0.15, 0.2) is 0 Å². The molecule has 0 heterocycles. The van der Waals surface area contributed by atoms with Crippen molar-refractivity contribution in [2.45, 2.75) is 18.6 Å². The van der Waals surface area contributed by atoms with E-state index >= 15 is 0 Å². The lowest BCUT2D eigenvalue weighted by molar-refractivity contribution is -0.175. The van der Waals surface area contributed by atoms with Gasteiger partial charge in [0, 0.05) is 34.0 Å². The highest BCUT2D eigenvalue weighted by Crippen LogP contribution is 2.15. The number of nitriles is 1. The Balaban J connectivity index is 3.71. The maximum absolute atomic E-state index is 8.23. The van der Waals surface area contributed by atoms with Crippen LogP contribution in [0, 0.1) is 18.3 Å². The predicted molar refractivity (Wildman–Crippen MR) is 37.0 cm³/mol. The molecule has 0 atom stereocenters. The molecule has 0 aliphatic heterocycles. The van der Waals surface area contributed by atoms with Gasteiger partial charge < -0.3 is 9.47 Å². The Labute approximate surface area is 61.5 Å². The van der Waals surface area contributed by atoms with Gasteiger partial charge in [0.1, 0.15) is 0 Å². The lowest BCUT2D eigenvalue weighted by Crippen LogP contribution is -2.29. The Morgan fingerprint density at radius 1 is 1.50 bits per heavy atom. The standard InChI is InChI=1S/C7H12NO2/c1-7(9-2,10-3)5-4-6-8/h1,4-5H2,2-3H3. The Morgan fingerprint density at radius 2 is 2.00 bits per heavy atom. The van der Waals surface area contributed by atoms with Crippen molar-refractivity contribution >= 4 is 0 Å². The Hall–Kier alpha value is -0.590. The minimum Gasteiger partial charge on any atom is -0.353 e. The van der Waals surface area contributed by atoms with Crippen LogP contribution in [0.3, 0.4) is 0 Å². The normalized spacial score (nSPS) is 11.0. The number of hydrogen-bond donors (Lipinski definition) is 0. The monoisotopic (exact) mass is 142 g/mol. The van der Waals surface area contributed by atoms with E-state index in [-0.39, 0.29) is 0 Å². The number of hydrogen-bond acceptors (Lipinski definition) is 3. The fourth-order valence-electron chi connectivity index (χ4n) is 0.534. The largest absolute Gasteiger partial charge is 0.353 e. The summed E-state index contributed by atoms with van der Waals surface area (Å²) in [7, 11) is 3.02. The number of nitrogens with zero attached hydrogens (tertiary/aromatic N) is 1. The van der Waals surface area contributed by atoms with Crippen molar-refractivity contribution in [3.63, 3.8) is 0 Å². The molecular formula is C7H12NO2. The van der Waals surface area contributed by atoms with Gasteiger partial charge in [-0.25, -0.2) is 0 Å². The molecule has 57 valence electrons. The van der Waals surface area contributed by atoms with Gasteiger partial charge >= 0.3 is 0 Å². The topological polar surface area (TPSA) is 42.2 Å². The molecular weight excluding hydrogens is 130 g/mol. The summed E-state index contributed by atoms with van der Waals surface area (Å²) in [6.07, 6.45) is 0.891. The minimum atomic E-state index is -0.838. The van der Waals surface area contributed by atoms with Crippen molar-refractivity contribution in [3.05, 3.63) is 6.92 Å². The molecule has 0 saturated carbocycles. The molecule has 10 heavy (non-hydrogen) atoms. The van der Waals surface area contributed by atoms with Gasteiger partial charge in [-0.15, -0.1) is 0 Å². The van der Waals surface area contributed by atoms with Crippen LogP contribution in [-0.2, 0) is 9.47 Å². The van der Waals surface area contributed by atoms with Crippen LogP contribution in [-0.4, -0.2) is 20.0 Å². The van der Waals surface area contributed by atoms with E-state index in [9.17, 15) is 0 Å². The molecule has 0 saturated heterocycles. The molecule has 0 N–H and O–H groups in total. The summed E-state index contributed by atoms with van der Waals surface area (Å²) in [5.41, 5.74) is 0. The van der Waals surface area contributed by atoms with E-state index in [1.807, 2.05) is 6.07 Å². The van der Waals surface area contributed by atoms with E-state index in [1.165, 1.54) is 14.2 Å². The maximum Gasteiger partial charge on any atom is 0.168 e. The van der Waals surface area contributed by atoms with Crippen LogP contribution in [0.2, 0.25) is 0 Å². The first-order valence-electron chi connectivity index (χ1n) is 3.01. The average Bonchev–Trinajstić information content (AvgIpc) is 2.00. The van der Waals surface area contributed by atoms with Gasteiger partial charge in [-0.05, 0) is 0 Å². The smallest absolute Gasteiger partial charge is 0.168 e. The Kier molecular flexibility index (Phi) is 4.01. The summed E-state index contributed by atoms with van der Waals surface area (Å²) in [6, 6.07) is 1.99. The minimum absolute atomic E-state index is 0.394. The van der Waals surface area contributed by atoms with Crippen LogP contribution in [0.4, 0.5) is 0 Å². The van der Waals surface area contributed by atoms with Gasteiger partial charge in [-0.1, -0.05) is 0 Å². The molecule has 0 rings (SSSR count). The molecule has 0 fully saturated rings. The van der Waals surface area contributed by atoms with Crippen molar-refractivity contribution in [1.82, 2.24) is 0 Å². The third kappa shape index (κ3) is 2.81. The fourth-order valence-corrected chi connectivity index (χ4v) is 0.534. The van der Waals surface area contributed by atoms with E-state index in [4.69, 9.17) is 14.7 Å². The van der Waals surface area contributed by atoms with E-state index in [2.05, 4.69) is 6.92 Å². The molecule has 0 aliphatic carbocycles. The number of ether oxygens (including phenoxy) is 2. The zero-order chi connectivity index (χ0) is 8.04. The summed E-state index contributed by atoms with van der Waals surface area (Å²) in [5, 5.41) is 8.23. The lowest BCUT2D eigenvalue weighted by Gasteiger charge is -2.24. The van der Waals surface area contributed by atoms with Crippen molar-refractivity contribution in [2.24, 2.45) is 0 Å². The molecule has 0 aliphatic rings. The molecule has 3 heteroatoms. The molecule has 0 aromatic heterocycles. The molecule has 0 bridgehead atoms. The van der Waals surface area contributed by atoms with Crippen molar-refractivity contribution in [2.75, 3.05) is 14.2 Å². The summed E-state index contributed by atoms with van der Waals surface area (Å²) in [5.74, 6) is -0.838. The van der Waals surface area contributed by atoms with Crippen molar-refractivity contribution in [3.8, 4) is 6.07 Å². The highest BCUT2D eigenvalue weighted by molar-refractivity contribution is 4.79. The third-order valence-corrected chi connectivity index (χ3v) is 1.36. The van der Waals surface area contributed by atoms with Crippen LogP contribution in [0.5, 0.6) is 0 Å². The van der Waals surface area contributed by atoms with E-state index in [1.54, 1.807) is 0 Å². The molecule has 1 radical (unpaired) electrons. The van der Waals surface area contributed by atoms with Crippen LogP contribution in [0.25, 0.3) is 0 Å². The first-order valence-corrected chi connectivity index (χ1v) is 3.01. The van der Waals surface area contributed by atoms with Crippen LogP contribution in [0.1, 0.15) is 12.8 Å². The summed E-state index contributed by atoms with van der Waals surface area (Å²) < 4.78 is 9.81. The first-order chi connectivity index (χ1) is 4.68. The van der Waals surface area contributed by atoms with Gasteiger partial charge in [-0.2, -0.15) is 5.26 Å². The third-order valence-electron chi connectivity index (χ3n) is 1.36.